The molecule has 3 aromatic rings. The molecule has 0 aliphatic carbocycles. The molecule has 0 bridgehead atoms. The number of piperazine rings is 1. The molecule has 0 N–H and O–H groups in total. The lowest BCUT2D eigenvalue weighted by molar-refractivity contribution is 0.199. The summed E-state index contributed by atoms with van der Waals surface area (Å²) in [5.41, 5.74) is 3.70. The van der Waals surface area contributed by atoms with E-state index in [1.807, 2.05) is 4.68 Å². The van der Waals surface area contributed by atoms with Crippen molar-refractivity contribution < 1.29 is 0 Å². The Labute approximate surface area is 178 Å². The van der Waals surface area contributed by atoms with E-state index in [2.05, 4.69) is 113 Å². The molecule has 1 saturated heterocycles. The maximum Gasteiger partial charge on any atom is 0.173 e. The highest BCUT2D eigenvalue weighted by Crippen LogP contribution is 2.31. The van der Waals surface area contributed by atoms with Crippen LogP contribution >= 0.6 is 0 Å². The van der Waals surface area contributed by atoms with Crippen LogP contribution in [0.1, 0.15) is 37.3 Å². The molecule has 7 nitrogen and oxygen atoms in total. The number of rotatable bonds is 6. The first-order valence-corrected chi connectivity index (χ1v) is 10.6. The van der Waals surface area contributed by atoms with Crippen molar-refractivity contribution >= 4 is 11.4 Å². The maximum absolute atomic E-state index is 4.46. The Balaban J connectivity index is 1.62. The van der Waals surface area contributed by atoms with Crippen LogP contribution in [0.25, 0.3) is 0 Å². The summed E-state index contributed by atoms with van der Waals surface area (Å²) >= 11 is 0. The summed E-state index contributed by atoms with van der Waals surface area (Å²) in [4.78, 5) is 7.08. The summed E-state index contributed by atoms with van der Waals surface area (Å²) in [7, 11) is 4.13. The Kier molecular flexibility index (Phi) is 5.99. The van der Waals surface area contributed by atoms with Crippen molar-refractivity contribution in [1.29, 1.82) is 0 Å². The summed E-state index contributed by atoms with van der Waals surface area (Å²) < 4.78 is 1.95. The van der Waals surface area contributed by atoms with Crippen molar-refractivity contribution in [2.75, 3.05) is 50.1 Å². The third kappa shape index (κ3) is 4.16. The molecule has 0 spiro atoms. The van der Waals surface area contributed by atoms with Crippen molar-refractivity contribution in [2.45, 2.75) is 25.9 Å². The zero-order chi connectivity index (χ0) is 21.1. The number of hydrogen-bond donors (Lipinski definition) is 0. The zero-order valence-electron chi connectivity index (χ0n) is 18.3. The average molecular weight is 406 g/mol. The third-order valence-corrected chi connectivity index (χ3v) is 5.78. The molecular weight excluding hydrogens is 374 g/mol. The van der Waals surface area contributed by atoms with Crippen molar-refractivity contribution in [3.8, 4) is 0 Å². The van der Waals surface area contributed by atoms with Gasteiger partial charge in [0.1, 0.15) is 0 Å². The summed E-state index contributed by atoms with van der Waals surface area (Å²) in [5, 5.41) is 12.7. The van der Waals surface area contributed by atoms with Gasteiger partial charge in [-0.3, -0.25) is 4.90 Å². The molecule has 2 aromatic carbocycles. The monoisotopic (exact) mass is 405 g/mol. The molecule has 158 valence electrons. The van der Waals surface area contributed by atoms with Gasteiger partial charge in [-0.15, -0.1) is 5.10 Å². The lowest BCUT2D eigenvalue weighted by atomic mass is 10.0. The fourth-order valence-corrected chi connectivity index (χ4v) is 4.10. The van der Waals surface area contributed by atoms with Gasteiger partial charge in [0.15, 0.2) is 5.82 Å². The van der Waals surface area contributed by atoms with Crippen molar-refractivity contribution in [3.63, 3.8) is 0 Å². The van der Waals surface area contributed by atoms with Crippen LogP contribution in [0.2, 0.25) is 0 Å². The van der Waals surface area contributed by atoms with Crippen LogP contribution in [-0.2, 0) is 0 Å². The number of hydrogen-bond acceptors (Lipinski definition) is 6. The van der Waals surface area contributed by atoms with Gasteiger partial charge in [-0.1, -0.05) is 30.3 Å². The van der Waals surface area contributed by atoms with Crippen LogP contribution in [0.3, 0.4) is 0 Å². The standard InChI is InChI=1S/C23H31N7/c1-18(2)30-23(24-25-26-30)22(19-10-12-20(13-11-19)27(3)4)29-16-14-28(15-17-29)21-8-6-5-7-9-21/h5-13,18,22H,14-17H2,1-4H3. The number of aromatic nitrogens is 4. The number of tetrazole rings is 1. The molecule has 0 saturated carbocycles. The van der Waals surface area contributed by atoms with Crippen molar-refractivity contribution in [1.82, 2.24) is 25.1 Å². The van der Waals surface area contributed by atoms with E-state index in [4.69, 9.17) is 0 Å². The van der Waals surface area contributed by atoms with E-state index in [9.17, 15) is 0 Å². The molecule has 30 heavy (non-hydrogen) atoms. The molecular formula is C23H31N7. The summed E-state index contributed by atoms with van der Waals surface area (Å²) in [6.07, 6.45) is 0. The number of benzene rings is 2. The van der Waals surface area contributed by atoms with E-state index in [0.717, 1.165) is 32.0 Å². The van der Waals surface area contributed by atoms with Crippen molar-refractivity contribution in [2.24, 2.45) is 0 Å². The number of para-hydroxylation sites is 1. The van der Waals surface area contributed by atoms with E-state index in [0.29, 0.717) is 0 Å². The first-order valence-electron chi connectivity index (χ1n) is 10.6. The maximum atomic E-state index is 4.46. The first-order chi connectivity index (χ1) is 14.5. The Bertz CT molecular complexity index is 926. The normalized spacial score (nSPS) is 16.1. The van der Waals surface area contributed by atoms with Gasteiger partial charge in [0.2, 0.25) is 0 Å². The van der Waals surface area contributed by atoms with Crippen LogP contribution in [0.15, 0.2) is 54.6 Å². The van der Waals surface area contributed by atoms with Crippen LogP contribution in [0, 0.1) is 0 Å². The third-order valence-electron chi connectivity index (χ3n) is 5.78. The van der Waals surface area contributed by atoms with E-state index in [-0.39, 0.29) is 12.1 Å². The molecule has 1 fully saturated rings. The molecule has 1 atom stereocenters. The second-order valence-electron chi connectivity index (χ2n) is 8.32. The highest BCUT2D eigenvalue weighted by Gasteiger charge is 2.31. The molecule has 1 aliphatic rings. The smallest absolute Gasteiger partial charge is 0.173 e. The minimum Gasteiger partial charge on any atom is -0.378 e. The number of anilines is 2. The van der Waals surface area contributed by atoms with Gasteiger partial charge < -0.3 is 9.80 Å². The lowest BCUT2D eigenvalue weighted by Crippen LogP contribution is -2.48. The van der Waals surface area contributed by atoms with Crippen LogP contribution in [0.4, 0.5) is 11.4 Å². The van der Waals surface area contributed by atoms with Gasteiger partial charge in [-0.2, -0.15) is 0 Å². The predicted octanol–water partition coefficient (Wildman–Crippen LogP) is 3.23. The zero-order valence-corrected chi connectivity index (χ0v) is 18.3. The molecule has 1 aliphatic heterocycles. The lowest BCUT2D eigenvalue weighted by Gasteiger charge is -2.40. The summed E-state index contributed by atoms with van der Waals surface area (Å²) in [6.45, 7) is 8.14. The second kappa shape index (κ2) is 8.83. The largest absolute Gasteiger partial charge is 0.378 e. The second-order valence-corrected chi connectivity index (χ2v) is 8.32. The summed E-state index contributed by atoms with van der Waals surface area (Å²) in [6, 6.07) is 19.7. The van der Waals surface area contributed by atoms with E-state index >= 15 is 0 Å². The number of nitrogens with zero attached hydrogens (tertiary/aromatic N) is 7. The molecule has 4 rings (SSSR count). The topological polar surface area (TPSA) is 53.3 Å². The van der Waals surface area contributed by atoms with E-state index in [1.54, 1.807) is 0 Å². The highest BCUT2D eigenvalue weighted by molar-refractivity contribution is 5.48. The van der Waals surface area contributed by atoms with Crippen LogP contribution < -0.4 is 9.80 Å². The molecule has 2 heterocycles. The quantitative estimate of drug-likeness (QED) is 0.628. The minimum atomic E-state index is 0.0385. The van der Waals surface area contributed by atoms with Gasteiger partial charge in [0, 0.05) is 51.6 Å². The molecule has 1 unspecified atom stereocenters. The fourth-order valence-electron chi connectivity index (χ4n) is 4.10. The summed E-state index contributed by atoms with van der Waals surface area (Å²) in [5.74, 6) is 0.913. The van der Waals surface area contributed by atoms with Gasteiger partial charge >= 0.3 is 0 Å². The SMILES string of the molecule is CC(C)n1nnnc1C(c1ccc(N(C)C)cc1)N1CCN(c2ccccc2)CC1. The molecule has 0 amide bonds. The van der Waals surface area contributed by atoms with Gasteiger partial charge in [0.25, 0.3) is 0 Å². The Hall–Kier alpha value is -2.93. The average Bonchev–Trinajstić information content (AvgIpc) is 3.25. The molecule has 1 aromatic heterocycles. The molecule has 0 radical (unpaired) electrons. The van der Waals surface area contributed by atoms with Gasteiger partial charge in [-0.25, -0.2) is 4.68 Å². The van der Waals surface area contributed by atoms with Crippen LogP contribution in [-0.4, -0.2) is 65.4 Å². The highest BCUT2D eigenvalue weighted by atomic mass is 15.6. The van der Waals surface area contributed by atoms with Crippen molar-refractivity contribution in [3.05, 3.63) is 66.0 Å². The minimum absolute atomic E-state index is 0.0385. The molecule has 7 heteroatoms. The van der Waals surface area contributed by atoms with Crippen LogP contribution in [0.5, 0.6) is 0 Å². The van der Waals surface area contributed by atoms with Gasteiger partial charge in [0.05, 0.1) is 12.1 Å². The van der Waals surface area contributed by atoms with E-state index in [1.165, 1.54) is 16.9 Å². The Morgan fingerprint density at radius 2 is 1.53 bits per heavy atom. The Morgan fingerprint density at radius 3 is 2.13 bits per heavy atom. The first kappa shape index (κ1) is 20.3. The Morgan fingerprint density at radius 1 is 0.867 bits per heavy atom. The van der Waals surface area contributed by atoms with E-state index < -0.39 is 0 Å². The van der Waals surface area contributed by atoms with Gasteiger partial charge in [-0.05, 0) is 54.1 Å². The predicted molar refractivity (Wildman–Crippen MR) is 121 cm³/mol. The fraction of sp³-hybridized carbons (Fsp3) is 0.435.